The molecule has 0 spiro atoms. The fourth-order valence-electron chi connectivity index (χ4n) is 2.19. The number of hydrogen-bond donors (Lipinski definition) is 2. The lowest BCUT2D eigenvalue weighted by Gasteiger charge is -1.98. The number of furan rings is 1. The van der Waals surface area contributed by atoms with E-state index in [1.165, 1.54) is 6.20 Å². The zero-order valence-corrected chi connectivity index (χ0v) is 10.5. The number of nitriles is 1. The molecule has 0 saturated carbocycles. The van der Waals surface area contributed by atoms with Crippen LogP contribution in [0.15, 0.2) is 16.7 Å². The number of aromatic amines is 1. The van der Waals surface area contributed by atoms with Crippen molar-refractivity contribution < 1.29 is 4.42 Å². The van der Waals surface area contributed by atoms with Gasteiger partial charge in [0.15, 0.2) is 11.5 Å². The van der Waals surface area contributed by atoms with E-state index in [0.29, 0.717) is 22.9 Å². The van der Waals surface area contributed by atoms with Crippen LogP contribution in [0.3, 0.4) is 0 Å². The molecular weight excluding hydrogens is 242 g/mol. The van der Waals surface area contributed by atoms with Gasteiger partial charge >= 0.3 is 0 Å². The Bertz CT molecular complexity index is 822. The summed E-state index contributed by atoms with van der Waals surface area (Å²) >= 11 is 0. The number of nitrogens with two attached hydrogens (primary N) is 1. The molecule has 19 heavy (non-hydrogen) atoms. The molecule has 3 aromatic rings. The highest BCUT2D eigenvalue weighted by molar-refractivity contribution is 5.93. The number of anilines is 1. The highest BCUT2D eigenvalue weighted by Gasteiger charge is 2.18. The summed E-state index contributed by atoms with van der Waals surface area (Å²) in [5.74, 6) is 1.10. The third-order valence-corrected chi connectivity index (χ3v) is 3.15. The summed E-state index contributed by atoms with van der Waals surface area (Å²) < 4.78 is 5.42. The van der Waals surface area contributed by atoms with Crippen molar-refractivity contribution in [3.63, 3.8) is 0 Å². The first-order valence-corrected chi connectivity index (χ1v) is 5.72. The van der Waals surface area contributed by atoms with Gasteiger partial charge in [-0.25, -0.2) is 4.98 Å². The molecule has 6 nitrogen and oxygen atoms in total. The molecule has 94 valence electrons. The molecule has 0 amide bonds. The average Bonchev–Trinajstić information content (AvgIpc) is 2.91. The summed E-state index contributed by atoms with van der Waals surface area (Å²) in [6.07, 6.45) is 1.50. The van der Waals surface area contributed by atoms with Crippen LogP contribution in [0.1, 0.15) is 16.9 Å². The SMILES string of the molecule is Cc1oc(N)c(C)c1-c1[nH]nc2ncc(C#N)cc12. The first kappa shape index (κ1) is 11.3. The monoisotopic (exact) mass is 253 g/mol. The van der Waals surface area contributed by atoms with Crippen LogP contribution in [0.4, 0.5) is 5.88 Å². The number of aromatic nitrogens is 3. The number of nitrogens with zero attached hydrogens (tertiary/aromatic N) is 3. The summed E-state index contributed by atoms with van der Waals surface area (Å²) in [4.78, 5) is 4.14. The van der Waals surface area contributed by atoms with E-state index in [-0.39, 0.29) is 0 Å². The Labute approximate surface area is 108 Å². The van der Waals surface area contributed by atoms with Gasteiger partial charge in [0.2, 0.25) is 0 Å². The molecule has 3 rings (SSSR count). The second-order valence-corrected chi connectivity index (χ2v) is 4.33. The minimum Gasteiger partial charge on any atom is -0.445 e. The van der Waals surface area contributed by atoms with Gasteiger partial charge in [-0.15, -0.1) is 0 Å². The molecule has 3 aromatic heterocycles. The fraction of sp³-hybridized carbons (Fsp3) is 0.154. The molecular formula is C13H11N5O. The molecule has 0 aliphatic rings. The lowest BCUT2D eigenvalue weighted by atomic mass is 10.1. The molecule has 0 aliphatic heterocycles. The van der Waals surface area contributed by atoms with E-state index < -0.39 is 0 Å². The van der Waals surface area contributed by atoms with Gasteiger partial charge < -0.3 is 10.2 Å². The molecule has 0 fully saturated rings. The van der Waals surface area contributed by atoms with Crippen molar-refractivity contribution in [2.45, 2.75) is 13.8 Å². The first-order valence-electron chi connectivity index (χ1n) is 5.72. The normalized spacial score (nSPS) is 10.8. The van der Waals surface area contributed by atoms with Gasteiger partial charge in [-0.1, -0.05) is 0 Å². The molecule has 0 unspecified atom stereocenters. The largest absolute Gasteiger partial charge is 0.445 e. The highest BCUT2D eigenvalue weighted by atomic mass is 16.4. The molecule has 0 atom stereocenters. The molecule has 0 saturated heterocycles. The Balaban J connectivity index is 2.34. The second kappa shape index (κ2) is 3.85. The Morgan fingerprint density at radius 3 is 2.84 bits per heavy atom. The van der Waals surface area contributed by atoms with Crippen LogP contribution >= 0.6 is 0 Å². The zero-order valence-electron chi connectivity index (χ0n) is 10.5. The van der Waals surface area contributed by atoms with Crippen molar-refractivity contribution >= 4 is 16.9 Å². The summed E-state index contributed by atoms with van der Waals surface area (Å²) in [6, 6.07) is 3.82. The second-order valence-electron chi connectivity index (χ2n) is 4.33. The van der Waals surface area contributed by atoms with Gasteiger partial charge in [0.1, 0.15) is 11.8 Å². The average molecular weight is 253 g/mol. The van der Waals surface area contributed by atoms with Crippen molar-refractivity contribution in [1.29, 1.82) is 5.26 Å². The van der Waals surface area contributed by atoms with Crippen LogP contribution in [0.25, 0.3) is 22.3 Å². The number of aryl methyl sites for hydroxylation is 1. The van der Waals surface area contributed by atoms with E-state index in [4.69, 9.17) is 15.4 Å². The maximum Gasteiger partial charge on any atom is 0.194 e. The summed E-state index contributed by atoms with van der Waals surface area (Å²) in [5, 5.41) is 16.8. The van der Waals surface area contributed by atoms with E-state index in [2.05, 4.69) is 21.3 Å². The standard InChI is InChI=1S/C13H11N5O/c1-6-10(7(2)19-12(6)15)11-9-3-8(4-14)5-16-13(9)18-17-11/h3,5H,15H2,1-2H3,(H,16,17,18). The Morgan fingerprint density at radius 1 is 1.42 bits per heavy atom. The summed E-state index contributed by atoms with van der Waals surface area (Å²) in [6.45, 7) is 3.72. The van der Waals surface area contributed by atoms with Crippen molar-refractivity contribution in [2.24, 2.45) is 0 Å². The lowest BCUT2D eigenvalue weighted by molar-refractivity contribution is 0.553. The molecule has 0 radical (unpaired) electrons. The molecule has 6 heteroatoms. The van der Waals surface area contributed by atoms with Crippen LogP contribution in [0.5, 0.6) is 0 Å². The molecule has 3 N–H and O–H groups in total. The number of fused-ring (bicyclic) bond motifs is 1. The summed E-state index contributed by atoms with van der Waals surface area (Å²) in [5.41, 5.74) is 9.33. The first-order chi connectivity index (χ1) is 9.11. The van der Waals surface area contributed by atoms with Crippen LogP contribution < -0.4 is 5.73 Å². The van der Waals surface area contributed by atoms with Gasteiger partial charge in [0, 0.05) is 22.7 Å². The van der Waals surface area contributed by atoms with Crippen molar-refractivity contribution in [3.8, 4) is 17.3 Å². The third-order valence-electron chi connectivity index (χ3n) is 3.15. The number of pyridine rings is 1. The van der Waals surface area contributed by atoms with Crippen LogP contribution in [0, 0.1) is 25.2 Å². The van der Waals surface area contributed by atoms with E-state index in [1.807, 2.05) is 13.8 Å². The molecule has 0 aromatic carbocycles. The van der Waals surface area contributed by atoms with Gasteiger partial charge in [-0.2, -0.15) is 10.4 Å². The van der Waals surface area contributed by atoms with E-state index in [0.717, 1.165) is 22.2 Å². The quantitative estimate of drug-likeness (QED) is 0.692. The fourth-order valence-corrected chi connectivity index (χ4v) is 2.19. The predicted octanol–water partition coefficient (Wildman–Crippen LogP) is 2.29. The Kier molecular flexibility index (Phi) is 2.29. The molecule has 0 aliphatic carbocycles. The zero-order chi connectivity index (χ0) is 13.6. The topological polar surface area (TPSA) is 105 Å². The van der Waals surface area contributed by atoms with Crippen LogP contribution in [0.2, 0.25) is 0 Å². The number of hydrogen-bond acceptors (Lipinski definition) is 5. The smallest absolute Gasteiger partial charge is 0.194 e. The number of nitrogens with one attached hydrogen (secondary N) is 1. The van der Waals surface area contributed by atoms with E-state index in [1.54, 1.807) is 6.07 Å². The van der Waals surface area contributed by atoms with Gasteiger partial charge in [0.25, 0.3) is 0 Å². The van der Waals surface area contributed by atoms with E-state index in [9.17, 15) is 0 Å². The number of H-pyrrole nitrogens is 1. The number of rotatable bonds is 1. The van der Waals surface area contributed by atoms with Crippen molar-refractivity contribution in [3.05, 3.63) is 29.2 Å². The maximum absolute atomic E-state index is 8.95. The number of nitrogen functional groups attached to an aromatic ring is 1. The van der Waals surface area contributed by atoms with Crippen LogP contribution in [-0.4, -0.2) is 15.2 Å². The maximum atomic E-state index is 8.95. The van der Waals surface area contributed by atoms with Crippen molar-refractivity contribution in [2.75, 3.05) is 5.73 Å². The highest BCUT2D eigenvalue weighted by Crippen LogP contribution is 2.35. The minimum atomic E-state index is 0.389. The predicted molar refractivity (Wildman–Crippen MR) is 70.2 cm³/mol. The Hall–Kier alpha value is -2.81. The van der Waals surface area contributed by atoms with E-state index >= 15 is 0 Å². The Morgan fingerprint density at radius 2 is 2.21 bits per heavy atom. The van der Waals surface area contributed by atoms with Gasteiger partial charge in [-0.05, 0) is 19.9 Å². The molecule has 3 heterocycles. The summed E-state index contributed by atoms with van der Waals surface area (Å²) in [7, 11) is 0. The van der Waals surface area contributed by atoms with Crippen LogP contribution in [-0.2, 0) is 0 Å². The molecule has 0 bridgehead atoms. The van der Waals surface area contributed by atoms with Crippen molar-refractivity contribution in [1.82, 2.24) is 15.2 Å². The van der Waals surface area contributed by atoms with Gasteiger partial charge in [-0.3, -0.25) is 5.10 Å². The third kappa shape index (κ3) is 1.56. The van der Waals surface area contributed by atoms with Gasteiger partial charge in [0.05, 0.1) is 11.3 Å². The lowest BCUT2D eigenvalue weighted by Crippen LogP contribution is -1.86. The minimum absolute atomic E-state index is 0.389.